The van der Waals surface area contributed by atoms with Gasteiger partial charge in [0.2, 0.25) is 5.91 Å². The summed E-state index contributed by atoms with van der Waals surface area (Å²) in [6, 6.07) is 8.17. The molecule has 2 N–H and O–H groups in total. The minimum Gasteiger partial charge on any atom is -0.325 e. The van der Waals surface area contributed by atoms with E-state index in [1.165, 1.54) is 4.88 Å². The third kappa shape index (κ3) is 2.98. The summed E-state index contributed by atoms with van der Waals surface area (Å²) in [7, 11) is 0. The summed E-state index contributed by atoms with van der Waals surface area (Å²) in [6.07, 6.45) is 1.49. The largest absolute Gasteiger partial charge is 0.325 e. The van der Waals surface area contributed by atoms with Gasteiger partial charge in [-0.3, -0.25) is 4.79 Å². The van der Waals surface area contributed by atoms with E-state index in [1.54, 1.807) is 11.3 Å². The van der Waals surface area contributed by atoms with Crippen LogP contribution in [0.2, 0.25) is 5.02 Å². The summed E-state index contributed by atoms with van der Waals surface area (Å²) in [5.41, 5.74) is 2.91. The fraction of sp³-hybridized carbons (Fsp3) is 0.312. The number of anilines is 1. The zero-order valence-corrected chi connectivity index (χ0v) is 13.4. The molecule has 1 aliphatic rings. The lowest BCUT2D eigenvalue weighted by Crippen LogP contribution is -2.22. The molecule has 0 spiro atoms. The Morgan fingerprint density at radius 1 is 1.48 bits per heavy atom. The molecule has 2 heterocycles. The molecule has 1 aliphatic heterocycles. The summed E-state index contributed by atoms with van der Waals surface area (Å²) in [4.78, 5) is 12.8. The summed E-state index contributed by atoms with van der Waals surface area (Å²) in [5.74, 6) is 0.0346. The van der Waals surface area contributed by atoms with Crippen LogP contribution in [0, 0.1) is 0 Å². The number of nitrogens with one attached hydrogen (secondary N) is 2. The molecule has 5 heteroatoms. The Kier molecular flexibility index (Phi) is 4.29. The van der Waals surface area contributed by atoms with Crippen molar-refractivity contribution in [2.75, 3.05) is 11.9 Å². The van der Waals surface area contributed by atoms with Crippen LogP contribution < -0.4 is 10.6 Å². The first-order chi connectivity index (χ1) is 10.2. The highest BCUT2D eigenvalue weighted by atomic mass is 35.5. The predicted molar refractivity (Wildman–Crippen MR) is 88.2 cm³/mol. The minimum atomic E-state index is 0.0346. The van der Waals surface area contributed by atoms with Gasteiger partial charge in [0.1, 0.15) is 0 Å². The van der Waals surface area contributed by atoms with E-state index >= 15 is 0 Å². The van der Waals surface area contributed by atoms with Crippen molar-refractivity contribution in [2.24, 2.45) is 0 Å². The van der Waals surface area contributed by atoms with E-state index in [4.69, 9.17) is 11.6 Å². The summed E-state index contributed by atoms with van der Waals surface area (Å²) < 4.78 is 0. The van der Waals surface area contributed by atoms with Crippen molar-refractivity contribution in [3.8, 4) is 0 Å². The standard InChI is InChI=1S/C16H17ClN2OS/c1-2-5-18-16(14-4-3-6-21-14)11-7-10-8-15(20)19-13(10)9-12(11)17/h3-4,6-7,9,16,18H,2,5,8H2,1H3,(H,19,20). The van der Waals surface area contributed by atoms with Gasteiger partial charge in [0.05, 0.1) is 12.5 Å². The highest BCUT2D eigenvalue weighted by Crippen LogP contribution is 2.36. The highest BCUT2D eigenvalue weighted by Gasteiger charge is 2.24. The third-order valence-corrected chi connectivity index (χ3v) is 4.85. The maximum Gasteiger partial charge on any atom is 0.228 e. The zero-order chi connectivity index (χ0) is 14.8. The van der Waals surface area contributed by atoms with Gasteiger partial charge in [-0.05, 0) is 47.7 Å². The van der Waals surface area contributed by atoms with Crippen LogP contribution in [0.4, 0.5) is 5.69 Å². The molecule has 21 heavy (non-hydrogen) atoms. The van der Waals surface area contributed by atoms with E-state index in [1.807, 2.05) is 12.1 Å². The Balaban J connectivity index is 1.99. The van der Waals surface area contributed by atoms with Gasteiger partial charge in [-0.15, -0.1) is 11.3 Å². The van der Waals surface area contributed by atoms with Gasteiger partial charge in [-0.25, -0.2) is 0 Å². The van der Waals surface area contributed by atoms with E-state index in [0.29, 0.717) is 11.4 Å². The van der Waals surface area contributed by atoms with Crippen molar-refractivity contribution in [3.63, 3.8) is 0 Å². The predicted octanol–water partition coefficient (Wildman–Crippen LogP) is 3.99. The SMILES string of the molecule is CCCNC(c1cccs1)c1cc2c(cc1Cl)NC(=O)C2. The average molecular weight is 321 g/mol. The molecule has 0 fully saturated rings. The Labute approximate surface area is 133 Å². The molecule has 3 nitrogen and oxygen atoms in total. The smallest absolute Gasteiger partial charge is 0.228 e. The number of carbonyl (C=O) groups is 1. The summed E-state index contributed by atoms with van der Waals surface area (Å²) in [5, 5.41) is 9.16. The highest BCUT2D eigenvalue weighted by molar-refractivity contribution is 7.10. The van der Waals surface area contributed by atoms with E-state index in [0.717, 1.165) is 29.8 Å². The van der Waals surface area contributed by atoms with Crippen LogP contribution in [0.1, 0.15) is 35.4 Å². The van der Waals surface area contributed by atoms with Crippen molar-refractivity contribution in [1.82, 2.24) is 5.32 Å². The molecule has 1 aromatic carbocycles. The Bertz CT molecular complexity index is 655. The molecule has 1 atom stereocenters. The topological polar surface area (TPSA) is 41.1 Å². The van der Waals surface area contributed by atoms with Crippen LogP contribution in [-0.4, -0.2) is 12.5 Å². The lowest BCUT2D eigenvalue weighted by atomic mass is 10.0. The molecular weight excluding hydrogens is 304 g/mol. The number of hydrogen-bond acceptors (Lipinski definition) is 3. The minimum absolute atomic E-state index is 0.0346. The van der Waals surface area contributed by atoms with E-state index < -0.39 is 0 Å². The number of rotatable bonds is 5. The number of amides is 1. The van der Waals surface area contributed by atoms with Gasteiger partial charge in [-0.2, -0.15) is 0 Å². The van der Waals surface area contributed by atoms with Crippen molar-refractivity contribution in [3.05, 3.63) is 50.7 Å². The molecule has 1 aromatic heterocycles. The van der Waals surface area contributed by atoms with E-state index in [2.05, 4.69) is 35.1 Å². The van der Waals surface area contributed by atoms with Crippen molar-refractivity contribution >= 4 is 34.5 Å². The third-order valence-electron chi connectivity index (χ3n) is 3.58. The lowest BCUT2D eigenvalue weighted by molar-refractivity contribution is -0.115. The number of halogens is 1. The molecular formula is C16H17ClN2OS. The molecule has 0 radical (unpaired) electrons. The van der Waals surface area contributed by atoms with Crippen LogP contribution >= 0.6 is 22.9 Å². The van der Waals surface area contributed by atoms with Crippen LogP contribution in [0.3, 0.4) is 0 Å². The second-order valence-electron chi connectivity index (χ2n) is 5.16. The number of benzene rings is 1. The quantitative estimate of drug-likeness (QED) is 0.874. The van der Waals surface area contributed by atoms with Crippen LogP contribution in [0.25, 0.3) is 0 Å². The second kappa shape index (κ2) is 6.18. The summed E-state index contributed by atoms with van der Waals surface area (Å²) >= 11 is 8.17. The molecule has 0 saturated carbocycles. The Morgan fingerprint density at radius 3 is 3.05 bits per heavy atom. The van der Waals surface area contributed by atoms with Crippen LogP contribution in [0.15, 0.2) is 29.6 Å². The van der Waals surface area contributed by atoms with Gasteiger partial charge >= 0.3 is 0 Å². The van der Waals surface area contributed by atoms with Gasteiger partial charge in [-0.1, -0.05) is 24.6 Å². The van der Waals surface area contributed by atoms with E-state index in [-0.39, 0.29) is 11.9 Å². The molecule has 2 aromatic rings. The Hall–Kier alpha value is -1.36. The zero-order valence-electron chi connectivity index (χ0n) is 11.8. The van der Waals surface area contributed by atoms with E-state index in [9.17, 15) is 4.79 Å². The van der Waals surface area contributed by atoms with Crippen molar-refractivity contribution in [1.29, 1.82) is 0 Å². The van der Waals surface area contributed by atoms with Crippen molar-refractivity contribution < 1.29 is 4.79 Å². The maximum absolute atomic E-state index is 11.5. The van der Waals surface area contributed by atoms with Crippen molar-refractivity contribution in [2.45, 2.75) is 25.8 Å². The number of fused-ring (bicyclic) bond motifs is 1. The molecule has 0 saturated heterocycles. The maximum atomic E-state index is 11.5. The molecule has 3 rings (SSSR count). The fourth-order valence-electron chi connectivity index (χ4n) is 2.60. The first-order valence-corrected chi connectivity index (χ1v) is 8.33. The van der Waals surface area contributed by atoms with Crippen LogP contribution in [0.5, 0.6) is 0 Å². The Morgan fingerprint density at radius 2 is 2.33 bits per heavy atom. The van der Waals surface area contributed by atoms with Gasteiger partial charge in [0.25, 0.3) is 0 Å². The first kappa shape index (κ1) is 14.6. The normalized spacial score (nSPS) is 14.9. The monoisotopic (exact) mass is 320 g/mol. The molecule has 0 aliphatic carbocycles. The number of thiophene rings is 1. The second-order valence-corrected chi connectivity index (χ2v) is 6.54. The van der Waals surface area contributed by atoms with Crippen LogP contribution in [-0.2, 0) is 11.2 Å². The number of hydrogen-bond donors (Lipinski definition) is 2. The number of carbonyl (C=O) groups excluding carboxylic acids is 1. The lowest BCUT2D eigenvalue weighted by Gasteiger charge is -2.20. The molecule has 1 unspecified atom stereocenters. The van der Waals surface area contributed by atoms with Gasteiger partial charge in [0, 0.05) is 15.6 Å². The fourth-order valence-corrected chi connectivity index (χ4v) is 3.69. The molecule has 110 valence electrons. The molecule has 1 amide bonds. The first-order valence-electron chi connectivity index (χ1n) is 7.08. The molecule has 0 bridgehead atoms. The summed E-state index contributed by atoms with van der Waals surface area (Å²) in [6.45, 7) is 3.07. The van der Waals surface area contributed by atoms with Gasteiger partial charge < -0.3 is 10.6 Å². The average Bonchev–Trinajstić information content (AvgIpc) is 3.08. The van der Waals surface area contributed by atoms with Gasteiger partial charge in [0.15, 0.2) is 0 Å².